The largest absolute Gasteiger partial charge is 0.507 e. The molecule has 0 saturated carbocycles. The Morgan fingerprint density at radius 3 is 1.87 bits per heavy atom. The van der Waals surface area contributed by atoms with Crippen LogP contribution in [0.15, 0.2) is 52.8 Å². The van der Waals surface area contributed by atoms with Gasteiger partial charge in [-0.15, -0.1) is 0 Å². The van der Waals surface area contributed by atoms with Crippen molar-refractivity contribution in [2.24, 2.45) is 23.7 Å². The molecule has 4 rings (SSSR count). The van der Waals surface area contributed by atoms with Crippen LogP contribution in [0.1, 0.15) is 91.5 Å². The maximum absolute atomic E-state index is 13.8. The van der Waals surface area contributed by atoms with E-state index in [0.29, 0.717) is 0 Å². The van der Waals surface area contributed by atoms with Gasteiger partial charge in [-0.25, -0.2) is 0 Å². The minimum Gasteiger partial charge on any atom is -0.507 e. The van der Waals surface area contributed by atoms with Gasteiger partial charge >= 0.3 is 0 Å². The second kappa shape index (κ2) is 14.2. The second-order valence-electron chi connectivity index (χ2n) is 12.7. The molecule has 8 atom stereocenters. The van der Waals surface area contributed by atoms with Gasteiger partial charge in [-0.3, -0.25) is 19.2 Å². The molecule has 6 N–H and O–H groups in total. The first-order chi connectivity index (χ1) is 20.9. The SMILES string of the molecule is CC1=C2NC(=O)/C(C)=C/C=C\[C@@H](C)[C@H](O)[C@@H](C)[C@@H](O)C[C@H](O)[C@H](C)[C@H](O)[C@H](C)/C=C(\C)C(=O)c3c(O)c(C)cc(c3C1=O)C2=O. The normalized spacial score (nSPS) is 34.1. The number of phenolic OH excluding ortho intramolecular Hbond substituents is 1. The highest BCUT2D eigenvalue weighted by molar-refractivity contribution is 6.31. The van der Waals surface area contributed by atoms with Crippen molar-refractivity contribution in [3.8, 4) is 5.75 Å². The molecule has 0 aromatic heterocycles. The number of Topliss-reactive ketones (excluding diaryl/α,β-unsaturated/α-hetero) is 3. The van der Waals surface area contributed by atoms with Crippen LogP contribution in [-0.4, -0.2) is 73.2 Å². The quantitative estimate of drug-likeness (QED) is 0.252. The van der Waals surface area contributed by atoms with Crippen LogP contribution >= 0.6 is 0 Å². The molecule has 244 valence electrons. The van der Waals surface area contributed by atoms with Gasteiger partial charge in [0.05, 0.1) is 35.7 Å². The summed E-state index contributed by atoms with van der Waals surface area (Å²) in [5.41, 5.74) is -0.612. The van der Waals surface area contributed by atoms with E-state index in [1.54, 1.807) is 39.8 Å². The highest BCUT2D eigenvalue weighted by atomic mass is 16.3. The summed E-state index contributed by atoms with van der Waals surface area (Å²) >= 11 is 0. The monoisotopic (exact) mass is 623 g/mol. The second-order valence-corrected chi connectivity index (χ2v) is 12.7. The van der Waals surface area contributed by atoms with Gasteiger partial charge in [0.2, 0.25) is 5.78 Å². The summed E-state index contributed by atoms with van der Waals surface area (Å²) in [5, 5.41) is 57.1. The number of allylic oxidation sites excluding steroid dienone is 5. The smallest absolute Gasteiger partial charge is 0.251 e. The molecule has 2 heterocycles. The first kappa shape index (κ1) is 35.8. The maximum atomic E-state index is 13.8. The Labute approximate surface area is 263 Å². The molecule has 10 nitrogen and oxygen atoms in total. The summed E-state index contributed by atoms with van der Waals surface area (Å²) < 4.78 is 0. The number of aromatic hydroxyl groups is 1. The lowest BCUT2D eigenvalue weighted by Crippen LogP contribution is -2.40. The zero-order valence-corrected chi connectivity index (χ0v) is 27.1. The van der Waals surface area contributed by atoms with E-state index in [0.717, 1.165) is 0 Å². The maximum Gasteiger partial charge on any atom is 0.251 e. The van der Waals surface area contributed by atoms with Crippen molar-refractivity contribution in [3.63, 3.8) is 0 Å². The van der Waals surface area contributed by atoms with E-state index in [1.807, 2.05) is 0 Å². The number of carbonyl (C=O) groups is 4. The third-order valence-corrected chi connectivity index (χ3v) is 9.21. The number of phenols is 1. The average Bonchev–Trinajstić information content (AvgIpc) is 2.99. The minimum absolute atomic E-state index is 0.0877. The van der Waals surface area contributed by atoms with Crippen LogP contribution in [0.25, 0.3) is 0 Å². The number of aryl methyl sites for hydroxylation is 1. The molecule has 1 aromatic rings. The molecule has 4 bridgehead atoms. The van der Waals surface area contributed by atoms with Crippen molar-refractivity contribution in [3.05, 3.63) is 75.0 Å². The van der Waals surface area contributed by atoms with Crippen molar-refractivity contribution in [2.75, 3.05) is 0 Å². The highest BCUT2D eigenvalue weighted by Gasteiger charge is 2.38. The Morgan fingerprint density at radius 2 is 1.29 bits per heavy atom. The molecule has 0 radical (unpaired) electrons. The third-order valence-electron chi connectivity index (χ3n) is 9.21. The van der Waals surface area contributed by atoms with Crippen LogP contribution in [0.2, 0.25) is 0 Å². The fraction of sp³-hybridized carbons (Fsp3) is 0.486. The molecule has 1 amide bonds. The Balaban J connectivity index is 2.18. The average molecular weight is 624 g/mol. The Kier molecular flexibility index (Phi) is 11.3. The van der Waals surface area contributed by atoms with Gasteiger partial charge in [-0.1, -0.05) is 52.0 Å². The molecule has 0 saturated heterocycles. The van der Waals surface area contributed by atoms with Crippen LogP contribution in [0.4, 0.5) is 0 Å². The number of nitrogens with one attached hydrogen (secondary N) is 1. The van der Waals surface area contributed by atoms with E-state index < -0.39 is 77.1 Å². The van der Waals surface area contributed by atoms with Crippen molar-refractivity contribution in [1.82, 2.24) is 5.32 Å². The minimum atomic E-state index is -1.15. The van der Waals surface area contributed by atoms with Crippen LogP contribution in [0.3, 0.4) is 0 Å². The summed E-state index contributed by atoms with van der Waals surface area (Å²) in [6.07, 6.45) is 1.67. The molecular weight excluding hydrogens is 578 g/mol. The Morgan fingerprint density at radius 1 is 0.733 bits per heavy atom. The molecule has 10 heteroatoms. The number of hydrogen-bond acceptors (Lipinski definition) is 9. The first-order valence-electron chi connectivity index (χ1n) is 15.2. The topological polar surface area (TPSA) is 181 Å². The number of benzene rings is 1. The summed E-state index contributed by atoms with van der Waals surface area (Å²) in [5.74, 6) is -5.71. The third kappa shape index (κ3) is 7.25. The van der Waals surface area contributed by atoms with E-state index in [9.17, 15) is 44.7 Å². The van der Waals surface area contributed by atoms with E-state index in [1.165, 1.54) is 45.9 Å². The molecule has 45 heavy (non-hydrogen) atoms. The first-order valence-corrected chi connectivity index (χ1v) is 15.2. The van der Waals surface area contributed by atoms with Gasteiger partial charge in [0, 0.05) is 45.9 Å². The van der Waals surface area contributed by atoms with Gasteiger partial charge in [-0.2, -0.15) is 0 Å². The van der Waals surface area contributed by atoms with Gasteiger partial charge in [0.25, 0.3) is 5.91 Å². The number of fused-ring (bicyclic) bond motifs is 15. The van der Waals surface area contributed by atoms with E-state index >= 15 is 0 Å². The van der Waals surface area contributed by atoms with Gasteiger partial charge in [0.1, 0.15) is 5.75 Å². The molecule has 1 aromatic carbocycles. The fourth-order valence-corrected chi connectivity index (χ4v) is 5.83. The van der Waals surface area contributed by atoms with Crippen molar-refractivity contribution in [1.29, 1.82) is 0 Å². The summed E-state index contributed by atoms with van der Waals surface area (Å²) in [7, 11) is 0. The number of rotatable bonds is 0. The predicted molar refractivity (Wildman–Crippen MR) is 169 cm³/mol. The lowest BCUT2D eigenvalue weighted by Gasteiger charge is -2.32. The van der Waals surface area contributed by atoms with Gasteiger partial charge < -0.3 is 30.8 Å². The summed E-state index contributed by atoms with van der Waals surface area (Å²) in [6, 6.07) is 1.31. The molecule has 2 aliphatic heterocycles. The van der Waals surface area contributed by atoms with Crippen molar-refractivity contribution < 1.29 is 44.7 Å². The van der Waals surface area contributed by atoms with Crippen LogP contribution in [-0.2, 0) is 4.79 Å². The standard InChI is InChI=1S/C35H45NO9/c1-15-10-9-11-16(2)35(45)36-28-22(8)33(43)26-23(34(28)44)13-19(5)32(42)27(26)31(41)18(4)12-17(3)30(40)21(7)25(38)14-24(37)20(6)29(15)39/h9-13,15,17,20-21,24-25,29-30,37-40,42H,14H2,1-8H3,(H,36,45)/b10-9-,16-11+,18-12+/t15-,17-,20+,21+,24+,25+,29+,30-/m1/s1. The van der Waals surface area contributed by atoms with E-state index in [4.69, 9.17) is 0 Å². The molecular formula is C35H45NO9. The lowest BCUT2D eigenvalue weighted by atomic mass is 9.80. The Hall–Kier alpha value is -3.70. The van der Waals surface area contributed by atoms with Crippen molar-refractivity contribution >= 4 is 23.3 Å². The fourth-order valence-electron chi connectivity index (χ4n) is 5.83. The zero-order valence-electron chi connectivity index (χ0n) is 27.1. The van der Waals surface area contributed by atoms with Crippen molar-refractivity contribution in [2.45, 2.75) is 86.2 Å². The molecule has 0 fully saturated rings. The number of carbonyl (C=O) groups excluding carboxylic acids is 4. The highest BCUT2D eigenvalue weighted by Crippen LogP contribution is 2.37. The number of amides is 1. The molecule has 0 unspecified atom stereocenters. The molecule has 0 spiro atoms. The van der Waals surface area contributed by atoms with Crippen LogP contribution in [0, 0.1) is 30.6 Å². The molecule has 1 aliphatic carbocycles. The number of ketones is 3. The van der Waals surface area contributed by atoms with E-state index in [2.05, 4.69) is 5.32 Å². The zero-order chi connectivity index (χ0) is 34.1. The van der Waals surface area contributed by atoms with Gasteiger partial charge in [-0.05, 0) is 51.3 Å². The molecule has 3 aliphatic rings. The number of hydrogen-bond donors (Lipinski definition) is 6. The van der Waals surface area contributed by atoms with Gasteiger partial charge in [0.15, 0.2) is 11.6 Å². The van der Waals surface area contributed by atoms with Crippen LogP contribution in [0.5, 0.6) is 5.75 Å². The summed E-state index contributed by atoms with van der Waals surface area (Å²) in [6.45, 7) is 12.5. The number of aliphatic hydroxyl groups excluding tert-OH is 4. The Bertz CT molecular complexity index is 1510. The number of aliphatic hydroxyl groups is 4. The predicted octanol–water partition coefficient (Wildman–Crippen LogP) is 3.49. The van der Waals surface area contributed by atoms with Crippen LogP contribution < -0.4 is 5.32 Å². The summed E-state index contributed by atoms with van der Waals surface area (Å²) in [4.78, 5) is 54.1. The van der Waals surface area contributed by atoms with E-state index in [-0.39, 0.29) is 51.1 Å². The lowest BCUT2D eigenvalue weighted by molar-refractivity contribution is -0.116.